The molecule has 0 N–H and O–H groups in total. The van der Waals surface area contributed by atoms with Crippen molar-refractivity contribution in [3.05, 3.63) is 40.9 Å². The molecule has 1 saturated heterocycles. The monoisotopic (exact) mass is 412 g/mol. The van der Waals surface area contributed by atoms with Gasteiger partial charge in [-0.1, -0.05) is 23.9 Å². The second-order valence-electron chi connectivity index (χ2n) is 8.10. The molecule has 29 heavy (non-hydrogen) atoms. The number of hydrogen-bond acceptors (Lipinski definition) is 6. The Morgan fingerprint density at radius 2 is 2.10 bits per heavy atom. The van der Waals surface area contributed by atoms with Gasteiger partial charge in [-0.15, -0.1) is 6.58 Å². The molecule has 2 aromatic rings. The van der Waals surface area contributed by atoms with E-state index in [4.69, 9.17) is 4.99 Å². The summed E-state index contributed by atoms with van der Waals surface area (Å²) < 4.78 is 3.36. The molecule has 8 nitrogen and oxygen atoms in total. The van der Waals surface area contributed by atoms with Crippen LogP contribution in [0.4, 0.5) is 0 Å². The summed E-state index contributed by atoms with van der Waals surface area (Å²) in [7, 11) is 0. The molecule has 1 fully saturated rings. The molecule has 0 aliphatic carbocycles. The van der Waals surface area contributed by atoms with Crippen molar-refractivity contribution in [3.8, 4) is 0 Å². The third-order valence-electron chi connectivity index (χ3n) is 5.20. The SMILES string of the molecule is C=CCn1c(=O)c2cnc(SC)nc2n1C1CC=C2CN(C(C)(C)C)C(=O)C2=N1. The van der Waals surface area contributed by atoms with Crippen molar-refractivity contribution in [1.82, 2.24) is 24.2 Å². The first-order valence-electron chi connectivity index (χ1n) is 9.48. The van der Waals surface area contributed by atoms with Crippen LogP contribution in [0.2, 0.25) is 0 Å². The van der Waals surface area contributed by atoms with Crippen molar-refractivity contribution >= 4 is 34.4 Å². The van der Waals surface area contributed by atoms with Gasteiger partial charge in [0.1, 0.15) is 17.3 Å². The zero-order chi connectivity index (χ0) is 20.9. The van der Waals surface area contributed by atoms with Gasteiger partial charge in [-0.3, -0.25) is 14.6 Å². The zero-order valence-electron chi connectivity index (χ0n) is 17.0. The van der Waals surface area contributed by atoms with Crippen molar-refractivity contribution in [3.63, 3.8) is 0 Å². The number of likely N-dealkylation sites (tertiary alicyclic amines) is 1. The average Bonchev–Trinajstić information content (AvgIpc) is 3.16. The molecule has 2 aliphatic rings. The molecule has 1 amide bonds. The summed E-state index contributed by atoms with van der Waals surface area (Å²) >= 11 is 1.41. The highest BCUT2D eigenvalue weighted by atomic mass is 32.2. The number of thioether (sulfide) groups is 1. The van der Waals surface area contributed by atoms with Crippen LogP contribution < -0.4 is 5.56 Å². The van der Waals surface area contributed by atoms with Crippen molar-refractivity contribution in [2.24, 2.45) is 4.99 Å². The van der Waals surface area contributed by atoms with Gasteiger partial charge in [0.05, 0.1) is 6.54 Å². The van der Waals surface area contributed by atoms with Crippen LogP contribution in [0.1, 0.15) is 33.4 Å². The molecule has 2 aliphatic heterocycles. The van der Waals surface area contributed by atoms with Gasteiger partial charge in [-0.25, -0.2) is 19.3 Å². The van der Waals surface area contributed by atoms with Gasteiger partial charge >= 0.3 is 0 Å². The predicted octanol–water partition coefficient (Wildman–Crippen LogP) is 2.41. The standard InChI is InChI=1S/C20H24N6O2S/c1-6-9-25-17(27)13-10-21-19(29-5)23-16(13)26(25)14-8-7-12-11-24(20(2,3)4)18(28)15(12)22-14/h6-7,10,14H,1,8-9,11H2,2-5H3. The maximum absolute atomic E-state index is 13.0. The van der Waals surface area contributed by atoms with E-state index >= 15 is 0 Å². The number of fused-ring (bicyclic) bond motifs is 2. The Balaban J connectivity index is 1.86. The largest absolute Gasteiger partial charge is 0.328 e. The molecule has 9 heteroatoms. The fourth-order valence-electron chi connectivity index (χ4n) is 3.75. The Morgan fingerprint density at radius 1 is 1.34 bits per heavy atom. The van der Waals surface area contributed by atoms with Crippen LogP contribution >= 0.6 is 11.8 Å². The number of amides is 1. The van der Waals surface area contributed by atoms with Crippen LogP contribution in [0, 0.1) is 0 Å². The molecular formula is C20H24N6O2S. The lowest BCUT2D eigenvalue weighted by molar-refractivity contribution is -0.126. The summed E-state index contributed by atoms with van der Waals surface area (Å²) in [5.41, 5.74) is 1.50. The molecule has 4 rings (SSSR count). The van der Waals surface area contributed by atoms with Crippen molar-refractivity contribution in [2.75, 3.05) is 12.8 Å². The highest BCUT2D eigenvalue weighted by molar-refractivity contribution is 7.98. The molecule has 0 radical (unpaired) electrons. The number of nitrogens with zero attached hydrogens (tertiary/aromatic N) is 6. The van der Waals surface area contributed by atoms with E-state index in [1.165, 1.54) is 11.8 Å². The maximum Gasteiger partial charge on any atom is 0.278 e. The predicted molar refractivity (Wildman–Crippen MR) is 114 cm³/mol. The topological polar surface area (TPSA) is 85.4 Å². The number of aliphatic imine (C=N–C) groups is 1. The Morgan fingerprint density at radius 3 is 2.76 bits per heavy atom. The van der Waals surface area contributed by atoms with E-state index in [9.17, 15) is 9.59 Å². The maximum atomic E-state index is 13.0. The molecule has 4 heterocycles. The smallest absolute Gasteiger partial charge is 0.278 e. The third-order valence-corrected chi connectivity index (χ3v) is 5.76. The van der Waals surface area contributed by atoms with Gasteiger partial charge in [0, 0.05) is 24.7 Å². The van der Waals surface area contributed by atoms with E-state index in [1.807, 2.05) is 31.9 Å². The normalized spacial score (nSPS) is 19.4. The quantitative estimate of drug-likeness (QED) is 0.437. The first-order chi connectivity index (χ1) is 13.8. The van der Waals surface area contributed by atoms with E-state index < -0.39 is 6.17 Å². The number of allylic oxidation sites excluding steroid dienone is 1. The number of carbonyl (C=O) groups is 1. The van der Waals surface area contributed by atoms with Gasteiger partial charge in [-0.2, -0.15) is 0 Å². The number of dihydropyridines is 1. The summed E-state index contributed by atoms with van der Waals surface area (Å²) in [4.78, 5) is 41.3. The van der Waals surface area contributed by atoms with E-state index in [-0.39, 0.29) is 17.0 Å². The minimum absolute atomic E-state index is 0.0676. The van der Waals surface area contributed by atoms with Crippen LogP contribution in [0.3, 0.4) is 0 Å². The Bertz CT molecular complexity index is 1130. The minimum Gasteiger partial charge on any atom is -0.328 e. The van der Waals surface area contributed by atoms with Gasteiger partial charge in [0.2, 0.25) is 0 Å². The summed E-state index contributed by atoms with van der Waals surface area (Å²) in [5.74, 6) is -0.0676. The molecular weight excluding hydrogens is 388 g/mol. The molecule has 0 aromatic carbocycles. The number of rotatable bonds is 4. The lowest BCUT2D eigenvalue weighted by Crippen LogP contribution is -2.43. The van der Waals surface area contributed by atoms with Crippen LogP contribution in [-0.2, 0) is 11.3 Å². The second-order valence-corrected chi connectivity index (χ2v) is 8.87. The van der Waals surface area contributed by atoms with Crippen molar-refractivity contribution in [2.45, 2.75) is 50.6 Å². The van der Waals surface area contributed by atoms with Crippen molar-refractivity contribution < 1.29 is 4.79 Å². The van der Waals surface area contributed by atoms with Crippen LogP contribution in [0.5, 0.6) is 0 Å². The van der Waals surface area contributed by atoms with Gasteiger partial charge in [-0.05, 0) is 32.6 Å². The molecule has 0 saturated carbocycles. The molecule has 1 unspecified atom stereocenters. The fourth-order valence-corrected chi connectivity index (χ4v) is 4.09. The highest BCUT2D eigenvalue weighted by Crippen LogP contribution is 2.31. The van der Waals surface area contributed by atoms with E-state index in [2.05, 4.69) is 22.6 Å². The van der Waals surface area contributed by atoms with Crippen molar-refractivity contribution in [1.29, 1.82) is 0 Å². The van der Waals surface area contributed by atoms with E-state index in [1.54, 1.807) is 21.6 Å². The third kappa shape index (κ3) is 3.13. The second kappa shape index (κ2) is 6.98. The van der Waals surface area contributed by atoms with Gasteiger partial charge in [0.25, 0.3) is 11.5 Å². The first-order valence-corrected chi connectivity index (χ1v) is 10.7. The van der Waals surface area contributed by atoms with E-state index in [0.29, 0.717) is 41.4 Å². The Labute approximate surface area is 173 Å². The molecule has 0 bridgehead atoms. The first kappa shape index (κ1) is 19.6. The number of carbonyl (C=O) groups excluding carboxylic acids is 1. The average molecular weight is 413 g/mol. The zero-order valence-corrected chi connectivity index (χ0v) is 17.9. The summed E-state index contributed by atoms with van der Waals surface area (Å²) in [6, 6.07) is 0. The molecule has 0 spiro atoms. The fraction of sp³-hybridized carbons (Fsp3) is 0.450. The minimum atomic E-state index is -0.424. The summed E-state index contributed by atoms with van der Waals surface area (Å²) in [6.07, 6.45) is 7.33. The Kier molecular flexibility index (Phi) is 4.72. The molecule has 2 aromatic heterocycles. The summed E-state index contributed by atoms with van der Waals surface area (Å²) in [5, 5.41) is 1.02. The Hall–Kier alpha value is -2.68. The molecule has 152 valence electrons. The lowest BCUT2D eigenvalue weighted by atomic mass is 10.1. The van der Waals surface area contributed by atoms with E-state index in [0.717, 1.165) is 5.57 Å². The van der Waals surface area contributed by atoms with Gasteiger partial charge in [0.15, 0.2) is 10.8 Å². The number of hydrogen-bond donors (Lipinski definition) is 0. The molecule has 1 atom stereocenters. The number of aromatic nitrogens is 4. The highest BCUT2D eigenvalue weighted by Gasteiger charge is 2.40. The van der Waals surface area contributed by atoms with Crippen LogP contribution in [0.25, 0.3) is 11.0 Å². The van der Waals surface area contributed by atoms with Crippen LogP contribution in [-0.4, -0.2) is 54.2 Å². The van der Waals surface area contributed by atoms with Gasteiger partial charge < -0.3 is 4.90 Å². The lowest BCUT2D eigenvalue weighted by Gasteiger charge is -2.30. The summed E-state index contributed by atoms with van der Waals surface area (Å²) in [6.45, 7) is 10.7. The van der Waals surface area contributed by atoms with Crippen LogP contribution in [0.15, 0.2) is 45.4 Å².